The zero-order valence-electron chi connectivity index (χ0n) is 27.7. The molecule has 2 aromatic carbocycles. The highest BCUT2D eigenvalue weighted by Gasteiger charge is 2.22. The molecule has 44 heavy (non-hydrogen) atoms. The third kappa shape index (κ3) is 9.92. The van der Waals surface area contributed by atoms with Crippen molar-refractivity contribution < 1.29 is 9.47 Å². The number of aromatic nitrogens is 2. The minimum Gasteiger partial charge on any atom is -0.477 e. The summed E-state index contributed by atoms with van der Waals surface area (Å²) in [6.07, 6.45) is 20.3. The van der Waals surface area contributed by atoms with Crippen LogP contribution in [0.4, 0.5) is 0 Å². The maximum absolute atomic E-state index is 6.66. The molecule has 2 aromatic heterocycles. The summed E-state index contributed by atoms with van der Waals surface area (Å²) in [4.78, 5) is 10.4. The fraction of sp³-hybridized carbons (Fsp3) is 0.632. The first kappa shape index (κ1) is 35.7. The average molecular weight is 825 g/mol. The van der Waals surface area contributed by atoms with Gasteiger partial charge < -0.3 is 9.47 Å². The third-order valence-electron chi connectivity index (χ3n) is 9.09. The molecule has 0 spiro atoms. The summed E-state index contributed by atoms with van der Waals surface area (Å²) in [5, 5.41) is 4.45. The van der Waals surface area contributed by atoms with E-state index < -0.39 is 0 Å². The zero-order chi connectivity index (χ0) is 31.3. The van der Waals surface area contributed by atoms with E-state index in [1.54, 1.807) is 0 Å². The lowest BCUT2D eigenvalue weighted by Crippen LogP contribution is -2.14. The van der Waals surface area contributed by atoms with Crippen LogP contribution in [-0.2, 0) is 0 Å². The Bertz CT molecular complexity index is 1320. The van der Waals surface area contributed by atoms with Crippen molar-refractivity contribution >= 4 is 77.8 Å². The Morgan fingerprint density at radius 3 is 1.30 bits per heavy atom. The molecule has 4 aromatic rings. The van der Waals surface area contributed by atoms with E-state index in [0.29, 0.717) is 11.8 Å². The standard InChI is InChI=1S/C38H54I2N2O2/c1-5-9-13-15-19-27(17-11-7-3)25-43-37-31-21-29(39)24-34-35(31)36-32(22-30(40)23-33(36)41-37)38(42-34)44-26-28(18-12-8-4)20-16-14-10-6-2/h21-24,27-28H,5-20,25-26H2,1-4H3. The molecule has 2 atom stereocenters. The molecular formula is C38H54I2N2O2. The van der Waals surface area contributed by atoms with Crippen LogP contribution in [0.25, 0.3) is 32.6 Å². The van der Waals surface area contributed by atoms with Gasteiger partial charge in [-0.05, 0) is 107 Å². The van der Waals surface area contributed by atoms with E-state index in [0.717, 1.165) is 64.7 Å². The molecule has 0 fully saturated rings. The van der Waals surface area contributed by atoms with E-state index in [1.165, 1.54) is 103 Å². The fourth-order valence-corrected chi connectivity index (χ4v) is 7.72. The molecule has 0 aliphatic carbocycles. The quantitative estimate of drug-likeness (QED) is 0.0450. The largest absolute Gasteiger partial charge is 0.477 e. The fourth-order valence-electron chi connectivity index (χ4n) is 6.50. The Kier molecular flexibility index (Phi) is 15.3. The lowest BCUT2D eigenvalue weighted by molar-refractivity contribution is 0.220. The Labute approximate surface area is 293 Å². The van der Waals surface area contributed by atoms with Gasteiger partial charge in [0.25, 0.3) is 0 Å². The number of pyridine rings is 2. The second-order valence-electron chi connectivity index (χ2n) is 12.9. The number of hydrogen-bond donors (Lipinski definition) is 0. The Morgan fingerprint density at radius 2 is 0.909 bits per heavy atom. The lowest BCUT2D eigenvalue weighted by atomic mass is 9.96. The van der Waals surface area contributed by atoms with Crippen LogP contribution < -0.4 is 9.47 Å². The van der Waals surface area contributed by atoms with Gasteiger partial charge in [-0.3, -0.25) is 0 Å². The summed E-state index contributed by atoms with van der Waals surface area (Å²) < 4.78 is 15.6. The maximum atomic E-state index is 6.66. The SMILES string of the molecule is CCCCCCC(CCCC)COc1nc2cc(I)cc3c(OCC(CCCC)CCCCCC)nc4cc(I)cc1c4c23. The van der Waals surface area contributed by atoms with Crippen molar-refractivity contribution in [3.63, 3.8) is 0 Å². The zero-order valence-corrected chi connectivity index (χ0v) is 32.0. The van der Waals surface area contributed by atoms with Crippen LogP contribution in [0.15, 0.2) is 24.3 Å². The van der Waals surface area contributed by atoms with Crippen molar-refractivity contribution in [2.75, 3.05) is 13.2 Å². The van der Waals surface area contributed by atoms with E-state index in [1.807, 2.05) is 0 Å². The molecule has 242 valence electrons. The van der Waals surface area contributed by atoms with Crippen LogP contribution in [-0.4, -0.2) is 23.2 Å². The summed E-state index contributed by atoms with van der Waals surface area (Å²) in [6.45, 7) is 10.6. The van der Waals surface area contributed by atoms with Crippen LogP contribution in [0, 0.1) is 19.0 Å². The molecule has 0 radical (unpaired) electrons. The number of ether oxygens (including phenoxy) is 2. The van der Waals surface area contributed by atoms with Gasteiger partial charge in [-0.1, -0.05) is 105 Å². The number of nitrogens with zero attached hydrogens (tertiary/aromatic N) is 2. The highest BCUT2D eigenvalue weighted by atomic mass is 127. The molecule has 6 heteroatoms. The molecule has 0 saturated carbocycles. The molecular weight excluding hydrogens is 770 g/mol. The van der Waals surface area contributed by atoms with Crippen LogP contribution >= 0.6 is 45.2 Å². The predicted molar refractivity (Wildman–Crippen MR) is 206 cm³/mol. The molecule has 0 aliphatic rings. The van der Waals surface area contributed by atoms with Gasteiger partial charge in [0.15, 0.2) is 0 Å². The maximum Gasteiger partial charge on any atom is 0.222 e. The normalized spacial score (nSPS) is 13.3. The van der Waals surface area contributed by atoms with E-state index in [4.69, 9.17) is 19.4 Å². The first-order chi connectivity index (χ1) is 21.5. The lowest BCUT2D eigenvalue weighted by Gasteiger charge is -2.21. The molecule has 0 bridgehead atoms. The number of hydrogen-bond acceptors (Lipinski definition) is 4. The van der Waals surface area contributed by atoms with E-state index in [2.05, 4.69) is 97.1 Å². The van der Waals surface area contributed by atoms with Crippen LogP contribution in [0.1, 0.15) is 130 Å². The van der Waals surface area contributed by atoms with Crippen molar-refractivity contribution in [3.05, 3.63) is 31.4 Å². The van der Waals surface area contributed by atoms with Crippen LogP contribution in [0.2, 0.25) is 0 Å². The van der Waals surface area contributed by atoms with Gasteiger partial charge in [0.05, 0.1) is 24.2 Å². The molecule has 2 unspecified atom stereocenters. The van der Waals surface area contributed by atoms with Gasteiger partial charge >= 0.3 is 0 Å². The first-order valence-electron chi connectivity index (χ1n) is 17.6. The molecule has 0 amide bonds. The van der Waals surface area contributed by atoms with E-state index in [9.17, 15) is 0 Å². The Morgan fingerprint density at radius 1 is 0.523 bits per heavy atom. The molecule has 4 rings (SSSR count). The van der Waals surface area contributed by atoms with Gasteiger partial charge in [-0.15, -0.1) is 0 Å². The van der Waals surface area contributed by atoms with Gasteiger partial charge in [-0.2, -0.15) is 0 Å². The second-order valence-corrected chi connectivity index (χ2v) is 15.4. The summed E-state index contributed by atoms with van der Waals surface area (Å²) in [5.41, 5.74) is 1.95. The number of unbranched alkanes of at least 4 members (excludes halogenated alkanes) is 8. The Balaban J connectivity index is 1.65. The molecule has 2 heterocycles. The minimum atomic E-state index is 0.571. The van der Waals surface area contributed by atoms with Gasteiger partial charge in [0.2, 0.25) is 11.8 Å². The summed E-state index contributed by atoms with van der Waals surface area (Å²) in [6, 6.07) is 8.83. The first-order valence-corrected chi connectivity index (χ1v) is 19.8. The molecule has 4 nitrogen and oxygen atoms in total. The monoisotopic (exact) mass is 824 g/mol. The second kappa shape index (κ2) is 18.9. The number of rotatable bonds is 22. The minimum absolute atomic E-state index is 0.571. The number of halogens is 2. The highest BCUT2D eigenvalue weighted by Crippen LogP contribution is 2.42. The van der Waals surface area contributed by atoms with Gasteiger partial charge in [0.1, 0.15) is 0 Å². The third-order valence-corrected chi connectivity index (χ3v) is 10.3. The van der Waals surface area contributed by atoms with Gasteiger partial charge in [0, 0.05) is 28.7 Å². The van der Waals surface area contributed by atoms with Crippen LogP contribution in [0.5, 0.6) is 11.8 Å². The van der Waals surface area contributed by atoms with E-state index >= 15 is 0 Å². The predicted octanol–water partition coefficient (Wildman–Crippen LogP) is 12.9. The number of benzene rings is 2. The molecule has 0 saturated heterocycles. The van der Waals surface area contributed by atoms with Crippen molar-refractivity contribution in [1.82, 2.24) is 9.97 Å². The smallest absolute Gasteiger partial charge is 0.222 e. The van der Waals surface area contributed by atoms with Crippen molar-refractivity contribution in [3.8, 4) is 11.8 Å². The topological polar surface area (TPSA) is 44.2 Å². The average Bonchev–Trinajstić information content (AvgIpc) is 3.01. The summed E-state index contributed by atoms with van der Waals surface area (Å²) in [5.74, 6) is 2.64. The van der Waals surface area contributed by atoms with Crippen LogP contribution in [0.3, 0.4) is 0 Å². The van der Waals surface area contributed by atoms with Crippen molar-refractivity contribution in [2.24, 2.45) is 11.8 Å². The molecule has 0 aliphatic heterocycles. The summed E-state index contributed by atoms with van der Waals surface area (Å²) >= 11 is 4.82. The highest BCUT2D eigenvalue weighted by molar-refractivity contribution is 14.1. The van der Waals surface area contributed by atoms with Crippen molar-refractivity contribution in [1.29, 1.82) is 0 Å². The van der Waals surface area contributed by atoms with Gasteiger partial charge in [-0.25, -0.2) is 9.97 Å². The summed E-state index contributed by atoms with van der Waals surface area (Å²) in [7, 11) is 0. The van der Waals surface area contributed by atoms with E-state index in [-0.39, 0.29) is 0 Å². The molecule has 0 N–H and O–H groups in total. The Hall–Kier alpha value is -1.16. The van der Waals surface area contributed by atoms with Crippen molar-refractivity contribution in [2.45, 2.75) is 130 Å².